The van der Waals surface area contributed by atoms with E-state index in [-0.39, 0.29) is 12.1 Å². The molecule has 1 saturated carbocycles. The molecule has 5 nitrogen and oxygen atoms in total. The number of amides is 1. The molecule has 1 amide bonds. The smallest absolute Gasteiger partial charge is 0.333 e. The number of hydrogen-bond acceptors (Lipinski definition) is 3. The third kappa shape index (κ3) is 2.51. The maximum absolute atomic E-state index is 12.3. The van der Waals surface area contributed by atoms with Gasteiger partial charge in [-0.1, -0.05) is 23.7 Å². The van der Waals surface area contributed by atoms with Gasteiger partial charge in [0.15, 0.2) is 0 Å². The van der Waals surface area contributed by atoms with Crippen molar-refractivity contribution in [1.29, 1.82) is 0 Å². The highest BCUT2D eigenvalue weighted by Gasteiger charge is 2.40. The first-order chi connectivity index (χ1) is 10.7. The van der Waals surface area contributed by atoms with E-state index in [2.05, 4.69) is 15.7 Å². The van der Waals surface area contributed by atoms with Crippen molar-refractivity contribution in [3.05, 3.63) is 41.7 Å². The largest absolute Gasteiger partial charge is 0.342 e. The molecule has 22 heavy (non-hydrogen) atoms. The van der Waals surface area contributed by atoms with Crippen LogP contribution in [0, 0.1) is 5.92 Å². The number of nitrogens with zero attached hydrogens (tertiary/aromatic N) is 2. The molecule has 114 valence electrons. The summed E-state index contributed by atoms with van der Waals surface area (Å²) in [7, 11) is 0. The minimum absolute atomic E-state index is 0.161. The van der Waals surface area contributed by atoms with Crippen LogP contribution in [0.25, 0.3) is 11.1 Å². The van der Waals surface area contributed by atoms with Gasteiger partial charge >= 0.3 is 6.03 Å². The summed E-state index contributed by atoms with van der Waals surface area (Å²) in [5.41, 5.74) is 1.84. The summed E-state index contributed by atoms with van der Waals surface area (Å²) < 4.78 is 1.37. The fourth-order valence-electron chi connectivity index (χ4n) is 3.49. The van der Waals surface area contributed by atoms with Crippen LogP contribution in [0.3, 0.4) is 0 Å². The number of halogens is 1. The molecular formula is C16H17ClN4O. The molecule has 1 aromatic carbocycles. The molecule has 0 spiro atoms. The van der Waals surface area contributed by atoms with Crippen LogP contribution in [0.15, 0.2) is 36.7 Å². The van der Waals surface area contributed by atoms with E-state index in [4.69, 9.17) is 11.6 Å². The summed E-state index contributed by atoms with van der Waals surface area (Å²) in [4.78, 5) is 12.3. The van der Waals surface area contributed by atoms with E-state index in [1.54, 1.807) is 12.4 Å². The van der Waals surface area contributed by atoms with Crippen LogP contribution < -0.4 is 10.6 Å². The Morgan fingerprint density at radius 2 is 2.27 bits per heavy atom. The number of piperidine rings is 1. The van der Waals surface area contributed by atoms with Crippen LogP contribution in [-0.4, -0.2) is 34.4 Å². The monoisotopic (exact) mass is 316 g/mol. The Kier molecular flexibility index (Phi) is 3.39. The summed E-state index contributed by atoms with van der Waals surface area (Å²) in [6.45, 7) is 1.00. The fraction of sp³-hybridized carbons (Fsp3) is 0.375. The normalized spacial score (nSPS) is 26.3. The van der Waals surface area contributed by atoms with Crippen molar-refractivity contribution in [3.63, 3.8) is 0 Å². The van der Waals surface area contributed by atoms with Gasteiger partial charge in [0.2, 0.25) is 0 Å². The summed E-state index contributed by atoms with van der Waals surface area (Å²) >= 11 is 6.00. The van der Waals surface area contributed by atoms with E-state index < -0.39 is 0 Å². The Hall–Kier alpha value is -1.85. The van der Waals surface area contributed by atoms with Crippen LogP contribution in [-0.2, 0) is 0 Å². The Bertz CT molecular complexity index is 714. The van der Waals surface area contributed by atoms with Gasteiger partial charge in [-0.05, 0) is 36.5 Å². The van der Waals surface area contributed by atoms with Gasteiger partial charge in [-0.15, -0.1) is 0 Å². The average molecular weight is 317 g/mol. The first-order valence-electron chi connectivity index (χ1n) is 7.54. The molecule has 2 aromatic rings. The van der Waals surface area contributed by atoms with Gasteiger partial charge in [0, 0.05) is 35.4 Å². The molecule has 3 unspecified atom stereocenters. The van der Waals surface area contributed by atoms with Crippen molar-refractivity contribution < 1.29 is 4.79 Å². The van der Waals surface area contributed by atoms with Gasteiger partial charge in [0.05, 0.1) is 6.20 Å². The van der Waals surface area contributed by atoms with E-state index >= 15 is 0 Å². The summed E-state index contributed by atoms with van der Waals surface area (Å²) in [5, 5.41) is 11.4. The molecule has 0 radical (unpaired) electrons. The van der Waals surface area contributed by atoms with Gasteiger partial charge in [-0.25, -0.2) is 4.79 Å². The predicted molar refractivity (Wildman–Crippen MR) is 84.9 cm³/mol. The van der Waals surface area contributed by atoms with Crippen LogP contribution in [0.5, 0.6) is 0 Å². The maximum Gasteiger partial charge on any atom is 0.342 e. The van der Waals surface area contributed by atoms with E-state index in [0.29, 0.717) is 17.0 Å². The molecule has 2 heterocycles. The van der Waals surface area contributed by atoms with Crippen molar-refractivity contribution in [2.24, 2.45) is 5.92 Å². The zero-order valence-electron chi connectivity index (χ0n) is 12.0. The quantitative estimate of drug-likeness (QED) is 0.895. The molecule has 1 saturated heterocycles. The van der Waals surface area contributed by atoms with Gasteiger partial charge < -0.3 is 10.6 Å². The SMILES string of the molecule is O=C(NC1CC2CC1CN2)n1cc(-c2cccc(Cl)c2)cn1. The highest BCUT2D eigenvalue weighted by Crippen LogP contribution is 2.31. The zero-order valence-corrected chi connectivity index (χ0v) is 12.8. The molecule has 2 fully saturated rings. The van der Waals surface area contributed by atoms with E-state index in [1.165, 1.54) is 4.68 Å². The lowest BCUT2D eigenvalue weighted by atomic mass is 10.0. The molecule has 1 aliphatic carbocycles. The second kappa shape index (κ2) is 5.41. The number of aromatic nitrogens is 2. The first-order valence-corrected chi connectivity index (χ1v) is 7.92. The average Bonchev–Trinajstić information content (AvgIpc) is 3.23. The van der Waals surface area contributed by atoms with E-state index in [1.807, 2.05) is 24.3 Å². The lowest BCUT2D eigenvalue weighted by Gasteiger charge is -2.23. The number of carbonyl (C=O) groups excluding carboxylic acids is 1. The maximum atomic E-state index is 12.3. The van der Waals surface area contributed by atoms with Gasteiger partial charge in [-0.2, -0.15) is 9.78 Å². The molecule has 2 bridgehead atoms. The highest BCUT2D eigenvalue weighted by atomic mass is 35.5. The standard InChI is InChI=1S/C16H17ClN4O/c17-13-3-1-2-10(4-13)12-8-19-21(9-12)16(22)20-15-6-14-5-11(15)7-18-14/h1-4,8-9,11,14-15,18H,5-7H2,(H,20,22). The van der Waals surface area contributed by atoms with E-state index in [9.17, 15) is 4.79 Å². The number of hydrogen-bond donors (Lipinski definition) is 2. The Morgan fingerprint density at radius 1 is 1.36 bits per heavy atom. The molecular weight excluding hydrogens is 300 g/mol. The Labute approximate surface area is 133 Å². The fourth-order valence-corrected chi connectivity index (χ4v) is 3.68. The van der Waals surface area contributed by atoms with Crippen LogP contribution in [0.1, 0.15) is 12.8 Å². The number of rotatable bonds is 2. The summed E-state index contributed by atoms with van der Waals surface area (Å²) in [6, 6.07) is 8.19. The molecule has 1 aromatic heterocycles. The van der Waals surface area contributed by atoms with Crippen molar-refractivity contribution in [1.82, 2.24) is 20.4 Å². The lowest BCUT2D eigenvalue weighted by molar-refractivity contribution is 0.230. The first kappa shape index (κ1) is 13.8. The van der Waals surface area contributed by atoms with E-state index in [0.717, 1.165) is 30.5 Å². The van der Waals surface area contributed by atoms with Gasteiger partial charge in [-0.3, -0.25) is 0 Å². The molecule has 1 aliphatic heterocycles. The second-order valence-corrected chi connectivity index (χ2v) is 6.51. The minimum Gasteiger partial charge on any atom is -0.333 e. The number of benzene rings is 1. The third-order valence-electron chi connectivity index (χ3n) is 4.62. The Balaban J connectivity index is 1.48. The molecule has 4 rings (SSSR count). The van der Waals surface area contributed by atoms with Gasteiger partial charge in [0.25, 0.3) is 0 Å². The molecule has 2 N–H and O–H groups in total. The number of fused-ring (bicyclic) bond motifs is 2. The Morgan fingerprint density at radius 3 is 3.00 bits per heavy atom. The molecule has 6 heteroatoms. The van der Waals surface area contributed by atoms with Crippen LogP contribution >= 0.6 is 11.6 Å². The number of nitrogens with one attached hydrogen (secondary N) is 2. The predicted octanol–water partition coefficient (Wildman–Crippen LogP) is 2.51. The lowest BCUT2D eigenvalue weighted by Crippen LogP contribution is -2.45. The second-order valence-electron chi connectivity index (χ2n) is 6.08. The molecule has 3 atom stereocenters. The topological polar surface area (TPSA) is 59.0 Å². The summed E-state index contributed by atoms with van der Waals surface area (Å²) in [5.74, 6) is 0.553. The van der Waals surface area contributed by atoms with Gasteiger partial charge in [0.1, 0.15) is 0 Å². The van der Waals surface area contributed by atoms with Crippen molar-refractivity contribution in [2.45, 2.75) is 24.9 Å². The highest BCUT2D eigenvalue weighted by molar-refractivity contribution is 6.30. The molecule has 2 aliphatic rings. The van der Waals surface area contributed by atoms with Crippen molar-refractivity contribution >= 4 is 17.6 Å². The summed E-state index contributed by atoms with van der Waals surface area (Å²) in [6.07, 6.45) is 5.61. The third-order valence-corrected chi connectivity index (χ3v) is 4.86. The minimum atomic E-state index is -0.161. The van der Waals surface area contributed by atoms with Crippen LogP contribution in [0.4, 0.5) is 4.79 Å². The zero-order chi connectivity index (χ0) is 15.1. The number of carbonyl (C=O) groups is 1. The van der Waals surface area contributed by atoms with Crippen molar-refractivity contribution in [3.8, 4) is 11.1 Å². The van der Waals surface area contributed by atoms with Crippen LogP contribution in [0.2, 0.25) is 5.02 Å². The van der Waals surface area contributed by atoms with Crippen molar-refractivity contribution in [2.75, 3.05) is 6.54 Å².